The van der Waals surface area contributed by atoms with E-state index >= 15 is 0 Å². The van der Waals surface area contributed by atoms with Crippen LogP contribution in [0.1, 0.15) is 38.5 Å². The number of aliphatic hydroxyl groups excluding tert-OH is 1. The van der Waals surface area contributed by atoms with Crippen LogP contribution in [0.4, 0.5) is 0 Å². The second-order valence-corrected chi connectivity index (χ2v) is 4.23. The summed E-state index contributed by atoms with van der Waals surface area (Å²) in [5.41, 5.74) is 0. The molecule has 0 heterocycles. The molecule has 0 saturated heterocycles. The van der Waals surface area contributed by atoms with Crippen LogP contribution in [-0.4, -0.2) is 36.8 Å². The first kappa shape index (κ1) is 12.5. The zero-order chi connectivity index (χ0) is 11.1. The second kappa shape index (κ2) is 6.80. The Kier molecular flexibility index (Phi) is 5.65. The molecule has 1 amide bonds. The SMILES string of the molecule is CNCCCC(=O)N[C@@H]1CCCC[C@H]1O. The molecule has 15 heavy (non-hydrogen) atoms. The predicted octanol–water partition coefficient (Wildman–Crippen LogP) is 0.406. The molecule has 2 atom stereocenters. The highest BCUT2D eigenvalue weighted by molar-refractivity contribution is 5.76. The number of carbonyl (C=O) groups excluding carboxylic acids is 1. The van der Waals surface area contributed by atoms with Crippen molar-refractivity contribution in [3.63, 3.8) is 0 Å². The van der Waals surface area contributed by atoms with Gasteiger partial charge in [0.15, 0.2) is 0 Å². The lowest BCUT2D eigenvalue weighted by atomic mass is 9.92. The van der Waals surface area contributed by atoms with Gasteiger partial charge in [-0.2, -0.15) is 0 Å². The van der Waals surface area contributed by atoms with Gasteiger partial charge in [-0.3, -0.25) is 4.79 Å². The minimum Gasteiger partial charge on any atom is -0.391 e. The van der Waals surface area contributed by atoms with Crippen molar-refractivity contribution >= 4 is 5.91 Å². The number of hydrogen-bond donors (Lipinski definition) is 3. The summed E-state index contributed by atoms with van der Waals surface area (Å²) in [5, 5.41) is 15.6. The van der Waals surface area contributed by atoms with E-state index in [-0.39, 0.29) is 18.1 Å². The minimum absolute atomic E-state index is 0.0131. The number of amides is 1. The smallest absolute Gasteiger partial charge is 0.220 e. The monoisotopic (exact) mass is 214 g/mol. The van der Waals surface area contributed by atoms with Crippen LogP contribution in [-0.2, 0) is 4.79 Å². The van der Waals surface area contributed by atoms with E-state index in [2.05, 4.69) is 10.6 Å². The number of aliphatic hydroxyl groups is 1. The van der Waals surface area contributed by atoms with Crippen LogP contribution < -0.4 is 10.6 Å². The lowest BCUT2D eigenvalue weighted by Gasteiger charge is -2.28. The van der Waals surface area contributed by atoms with Crippen LogP contribution in [0.15, 0.2) is 0 Å². The predicted molar refractivity (Wildman–Crippen MR) is 59.6 cm³/mol. The normalized spacial score (nSPS) is 26.3. The van der Waals surface area contributed by atoms with Gasteiger partial charge >= 0.3 is 0 Å². The summed E-state index contributed by atoms with van der Waals surface area (Å²) in [7, 11) is 1.88. The second-order valence-electron chi connectivity index (χ2n) is 4.23. The topological polar surface area (TPSA) is 61.4 Å². The molecule has 4 heteroatoms. The van der Waals surface area contributed by atoms with E-state index in [4.69, 9.17) is 0 Å². The van der Waals surface area contributed by atoms with Crippen LogP contribution in [0.5, 0.6) is 0 Å². The van der Waals surface area contributed by atoms with Crippen LogP contribution in [0.3, 0.4) is 0 Å². The standard InChI is InChI=1S/C11H22N2O2/c1-12-8-4-7-11(15)13-9-5-2-3-6-10(9)14/h9-10,12,14H,2-8H2,1H3,(H,13,15)/t9-,10-/m1/s1. The molecule has 0 bridgehead atoms. The molecule has 1 fully saturated rings. The molecule has 88 valence electrons. The lowest BCUT2D eigenvalue weighted by Crippen LogP contribution is -2.45. The van der Waals surface area contributed by atoms with E-state index in [1.807, 2.05) is 7.05 Å². The number of nitrogens with one attached hydrogen (secondary N) is 2. The summed E-state index contributed by atoms with van der Waals surface area (Å²) in [4.78, 5) is 11.5. The maximum Gasteiger partial charge on any atom is 0.220 e. The fourth-order valence-corrected chi connectivity index (χ4v) is 1.98. The van der Waals surface area contributed by atoms with E-state index in [1.54, 1.807) is 0 Å². The molecule has 0 spiro atoms. The van der Waals surface area contributed by atoms with Crippen molar-refractivity contribution in [1.29, 1.82) is 0 Å². The zero-order valence-corrected chi connectivity index (χ0v) is 9.46. The lowest BCUT2D eigenvalue weighted by molar-refractivity contribution is -0.123. The highest BCUT2D eigenvalue weighted by Gasteiger charge is 2.23. The van der Waals surface area contributed by atoms with Crippen LogP contribution in [0, 0.1) is 0 Å². The van der Waals surface area contributed by atoms with Gasteiger partial charge in [-0.1, -0.05) is 12.8 Å². The summed E-state index contributed by atoms with van der Waals surface area (Å²) in [6.45, 7) is 0.862. The van der Waals surface area contributed by atoms with Crippen molar-refractivity contribution in [3.05, 3.63) is 0 Å². The molecule has 1 aliphatic carbocycles. The van der Waals surface area contributed by atoms with Crippen molar-refractivity contribution in [1.82, 2.24) is 10.6 Å². The molecule has 4 nitrogen and oxygen atoms in total. The van der Waals surface area contributed by atoms with Gasteiger partial charge in [-0.25, -0.2) is 0 Å². The third-order valence-corrected chi connectivity index (χ3v) is 2.91. The third kappa shape index (κ3) is 4.62. The maximum absolute atomic E-state index is 11.5. The Morgan fingerprint density at radius 2 is 2.13 bits per heavy atom. The zero-order valence-electron chi connectivity index (χ0n) is 9.46. The summed E-state index contributed by atoms with van der Waals surface area (Å²) < 4.78 is 0. The fraction of sp³-hybridized carbons (Fsp3) is 0.909. The molecule has 1 aliphatic rings. The van der Waals surface area contributed by atoms with Gasteiger partial charge in [0.25, 0.3) is 0 Å². The Balaban J connectivity index is 2.18. The summed E-state index contributed by atoms with van der Waals surface area (Å²) >= 11 is 0. The Morgan fingerprint density at radius 1 is 1.40 bits per heavy atom. The van der Waals surface area contributed by atoms with Crippen LogP contribution >= 0.6 is 0 Å². The van der Waals surface area contributed by atoms with E-state index in [0.717, 1.165) is 38.6 Å². The fourth-order valence-electron chi connectivity index (χ4n) is 1.98. The van der Waals surface area contributed by atoms with Gasteiger partial charge < -0.3 is 15.7 Å². The number of rotatable bonds is 5. The van der Waals surface area contributed by atoms with Gasteiger partial charge in [-0.05, 0) is 32.9 Å². The van der Waals surface area contributed by atoms with E-state index in [1.165, 1.54) is 0 Å². The van der Waals surface area contributed by atoms with Crippen LogP contribution in [0.2, 0.25) is 0 Å². The van der Waals surface area contributed by atoms with E-state index in [9.17, 15) is 9.90 Å². The minimum atomic E-state index is -0.341. The summed E-state index contributed by atoms with van der Waals surface area (Å²) in [5.74, 6) is 0.0659. The molecule has 0 radical (unpaired) electrons. The largest absolute Gasteiger partial charge is 0.391 e. The Labute approximate surface area is 91.4 Å². The average molecular weight is 214 g/mol. The molecule has 0 aromatic rings. The van der Waals surface area contributed by atoms with Crippen molar-refractivity contribution < 1.29 is 9.90 Å². The van der Waals surface area contributed by atoms with Crippen molar-refractivity contribution in [2.45, 2.75) is 50.7 Å². The first-order valence-electron chi connectivity index (χ1n) is 5.86. The molecule has 0 aromatic carbocycles. The number of carbonyl (C=O) groups is 1. The highest BCUT2D eigenvalue weighted by atomic mass is 16.3. The van der Waals surface area contributed by atoms with Crippen LogP contribution in [0.25, 0.3) is 0 Å². The van der Waals surface area contributed by atoms with Crippen molar-refractivity contribution in [3.8, 4) is 0 Å². The summed E-state index contributed by atoms with van der Waals surface area (Å²) in [6.07, 6.45) is 4.98. The number of hydrogen-bond acceptors (Lipinski definition) is 3. The molecule has 1 saturated carbocycles. The quantitative estimate of drug-likeness (QED) is 0.581. The molecular weight excluding hydrogens is 192 g/mol. The van der Waals surface area contributed by atoms with Gasteiger partial charge in [0.2, 0.25) is 5.91 Å². The van der Waals surface area contributed by atoms with Gasteiger partial charge in [0, 0.05) is 6.42 Å². The first-order valence-corrected chi connectivity index (χ1v) is 5.86. The summed E-state index contributed by atoms with van der Waals surface area (Å²) in [6, 6.07) is -0.0131. The van der Waals surface area contributed by atoms with Crippen molar-refractivity contribution in [2.24, 2.45) is 0 Å². The van der Waals surface area contributed by atoms with E-state index in [0.29, 0.717) is 6.42 Å². The molecule has 3 N–H and O–H groups in total. The van der Waals surface area contributed by atoms with Gasteiger partial charge in [0.05, 0.1) is 12.1 Å². The average Bonchev–Trinajstić information content (AvgIpc) is 2.22. The van der Waals surface area contributed by atoms with E-state index < -0.39 is 0 Å². The van der Waals surface area contributed by atoms with Gasteiger partial charge in [0.1, 0.15) is 0 Å². The molecule has 0 aromatic heterocycles. The molecule has 0 unspecified atom stereocenters. The Bertz CT molecular complexity index is 197. The first-order chi connectivity index (χ1) is 7.24. The Hall–Kier alpha value is -0.610. The molecular formula is C11H22N2O2. The highest BCUT2D eigenvalue weighted by Crippen LogP contribution is 2.18. The third-order valence-electron chi connectivity index (χ3n) is 2.91. The van der Waals surface area contributed by atoms with Crippen molar-refractivity contribution in [2.75, 3.05) is 13.6 Å². The molecule has 0 aliphatic heterocycles. The molecule has 1 rings (SSSR count). The maximum atomic E-state index is 11.5. The Morgan fingerprint density at radius 3 is 2.80 bits per heavy atom. The van der Waals surface area contributed by atoms with Gasteiger partial charge in [-0.15, -0.1) is 0 Å².